The Hall–Kier alpha value is -1.33. The zero-order valence-electron chi connectivity index (χ0n) is 11.3. The molecule has 0 amide bonds. The Morgan fingerprint density at radius 2 is 2.05 bits per heavy atom. The van der Waals surface area contributed by atoms with Crippen molar-refractivity contribution in [2.45, 2.75) is 24.7 Å². The van der Waals surface area contributed by atoms with Crippen molar-refractivity contribution in [3.8, 4) is 0 Å². The van der Waals surface area contributed by atoms with Crippen molar-refractivity contribution in [3.05, 3.63) is 55.9 Å². The van der Waals surface area contributed by atoms with Gasteiger partial charge in [-0.2, -0.15) is 5.10 Å². The lowest BCUT2D eigenvalue weighted by atomic mass is 9.64. The molecule has 2 aromatic rings. The van der Waals surface area contributed by atoms with E-state index in [1.807, 2.05) is 0 Å². The standard InChI is InChI=1S/C15H15BrClN3O/c16-11-4-2-10(3-5-11)15(6-1-7-15)9-18-12-8-19-20-14(21)13(12)17/h2-5,8H,1,6-7,9H2,(H2,18,20,21). The van der Waals surface area contributed by atoms with E-state index in [0.29, 0.717) is 5.69 Å². The van der Waals surface area contributed by atoms with Crippen molar-refractivity contribution in [1.29, 1.82) is 0 Å². The fraction of sp³-hybridized carbons (Fsp3) is 0.333. The highest BCUT2D eigenvalue weighted by molar-refractivity contribution is 9.10. The maximum Gasteiger partial charge on any atom is 0.285 e. The van der Waals surface area contributed by atoms with Crippen molar-refractivity contribution in [3.63, 3.8) is 0 Å². The smallest absolute Gasteiger partial charge is 0.285 e. The van der Waals surface area contributed by atoms with Gasteiger partial charge in [0.15, 0.2) is 0 Å². The second kappa shape index (κ2) is 5.81. The van der Waals surface area contributed by atoms with Crippen LogP contribution in [0.2, 0.25) is 5.02 Å². The van der Waals surface area contributed by atoms with Gasteiger partial charge in [0, 0.05) is 16.4 Å². The van der Waals surface area contributed by atoms with Crippen LogP contribution in [0.25, 0.3) is 0 Å². The molecule has 0 aliphatic heterocycles. The molecule has 1 aliphatic rings. The van der Waals surface area contributed by atoms with E-state index in [1.54, 1.807) is 6.20 Å². The molecule has 1 aliphatic carbocycles. The minimum Gasteiger partial charge on any atom is -0.381 e. The lowest BCUT2D eigenvalue weighted by Crippen LogP contribution is -2.41. The zero-order valence-corrected chi connectivity index (χ0v) is 13.7. The summed E-state index contributed by atoms with van der Waals surface area (Å²) in [6.45, 7) is 0.749. The molecule has 1 fully saturated rings. The van der Waals surface area contributed by atoms with E-state index in [-0.39, 0.29) is 16.0 Å². The third-order valence-corrected chi connectivity index (χ3v) is 5.08. The molecule has 2 N–H and O–H groups in total. The van der Waals surface area contributed by atoms with Crippen LogP contribution in [0.5, 0.6) is 0 Å². The highest BCUT2D eigenvalue weighted by atomic mass is 79.9. The topological polar surface area (TPSA) is 57.8 Å². The van der Waals surface area contributed by atoms with E-state index in [9.17, 15) is 4.79 Å². The van der Waals surface area contributed by atoms with Crippen molar-refractivity contribution >= 4 is 33.2 Å². The second-order valence-electron chi connectivity index (χ2n) is 5.42. The van der Waals surface area contributed by atoms with E-state index in [1.165, 1.54) is 12.0 Å². The van der Waals surface area contributed by atoms with Gasteiger partial charge in [0.05, 0.1) is 11.9 Å². The lowest BCUT2D eigenvalue weighted by molar-refractivity contribution is 0.260. The Labute approximate surface area is 136 Å². The molecule has 1 saturated carbocycles. The van der Waals surface area contributed by atoms with Crippen LogP contribution in [0.4, 0.5) is 5.69 Å². The molecule has 0 bridgehead atoms. The quantitative estimate of drug-likeness (QED) is 0.865. The fourth-order valence-corrected chi connectivity index (χ4v) is 3.17. The molecular weight excluding hydrogens is 354 g/mol. The first-order chi connectivity index (χ1) is 10.1. The van der Waals surface area contributed by atoms with E-state index >= 15 is 0 Å². The van der Waals surface area contributed by atoms with Crippen LogP contribution in [0.3, 0.4) is 0 Å². The molecule has 0 spiro atoms. The summed E-state index contributed by atoms with van der Waals surface area (Å²) in [7, 11) is 0. The molecule has 0 unspecified atom stereocenters. The molecule has 6 heteroatoms. The van der Waals surface area contributed by atoms with Gasteiger partial charge in [0.1, 0.15) is 5.02 Å². The summed E-state index contributed by atoms with van der Waals surface area (Å²) in [5.74, 6) is 0. The Morgan fingerprint density at radius 1 is 1.33 bits per heavy atom. The largest absolute Gasteiger partial charge is 0.381 e. The average molecular weight is 369 g/mol. The van der Waals surface area contributed by atoms with Crippen LogP contribution in [0.1, 0.15) is 24.8 Å². The predicted octanol–water partition coefficient (Wildman–Crippen LogP) is 3.72. The number of aromatic amines is 1. The summed E-state index contributed by atoms with van der Waals surface area (Å²) in [4.78, 5) is 11.5. The van der Waals surface area contributed by atoms with Crippen LogP contribution in [0, 0.1) is 0 Å². The minimum absolute atomic E-state index is 0.118. The van der Waals surface area contributed by atoms with Crippen molar-refractivity contribution in [1.82, 2.24) is 10.2 Å². The summed E-state index contributed by atoms with van der Waals surface area (Å²) < 4.78 is 1.08. The second-order valence-corrected chi connectivity index (χ2v) is 6.71. The molecule has 1 aromatic carbocycles. The molecule has 1 aromatic heterocycles. The van der Waals surface area contributed by atoms with Crippen LogP contribution >= 0.6 is 27.5 Å². The van der Waals surface area contributed by atoms with Gasteiger partial charge in [0.25, 0.3) is 5.56 Å². The first-order valence-corrected chi connectivity index (χ1v) is 8.01. The van der Waals surface area contributed by atoms with Crippen LogP contribution in [0.15, 0.2) is 39.7 Å². The third kappa shape index (κ3) is 2.85. The maximum absolute atomic E-state index is 11.5. The van der Waals surface area contributed by atoms with Crippen LogP contribution in [-0.4, -0.2) is 16.7 Å². The summed E-state index contributed by atoms with van der Waals surface area (Å²) >= 11 is 9.46. The molecule has 4 nitrogen and oxygen atoms in total. The summed E-state index contributed by atoms with van der Waals surface area (Å²) in [5.41, 5.74) is 1.65. The normalized spacial score (nSPS) is 16.3. The monoisotopic (exact) mass is 367 g/mol. The third-order valence-electron chi connectivity index (χ3n) is 4.18. The fourth-order valence-electron chi connectivity index (χ4n) is 2.75. The maximum atomic E-state index is 11.5. The predicted molar refractivity (Wildman–Crippen MR) is 88.0 cm³/mol. The number of anilines is 1. The molecule has 110 valence electrons. The highest BCUT2D eigenvalue weighted by Crippen LogP contribution is 2.44. The van der Waals surface area contributed by atoms with Gasteiger partial charge in [0.2, 0.25) is 0 Å². The number of rotatable bonds is 4. The van der Waals surface area contributed by atoms with E-state index in [2.05, 4.69) is 55.7 Å². The number of aromatic nitrogens is 2. The lowest BCUT2D eigenvalue weighted by Gasteiger charge is -2.43. The van der Waals surface area contributed by atoms with Crippen molar-refractivity contribution in [2.24, 2.45) is 0 Å². The highest BCUT2D eigenvalue weighted by Gasteiger charge is 2.38. The Balaban J connectivity index is 1.80. The Bertz CT molecular complexity index is 695. The number of benzene rings is 1. The van der Waals surface area contributed by atoms with E-state index in [0.717, 1.165) is 23.9 Å². The Kier molecular flexibility index (Phi) is 4.04. The van der Waals surface area contributed by atoms with Gasteiger partial charge >= 0.3 is 0 Å². The molecule has 0 atom stereocenters. The van der Waals surface area contributed by atoms with Gasteiger partial charge in [-0.15, -0.1) is 0 Å². The van der Waals surface area contributed by atoms with Crippen molar-refractivity contribution < 1.29 is 0 Å². The van der Waals surface area contributed by atoms with Gasteiger partial charge in [-0.1, -0.05) is 46.1 Å². The average Bonchev–Trinajstić information content (AvgIpc) is 2.44. The summed E-state index contributed by atoms with van der Waals surface area (Å²) in [6, 6.07) is 8.44. The van der Waals surface area contributed by atoms with Gasteiger partial charge in [-0.05, 0) is 30.5 Å². The molecule has 21 heavy (non-hydrogen) atoms. The molecule has 3 rings (SSSR count). The van der Waals surface area contributed by atoms with E-state index in [4.69, 9.17) is 11.6 Å². The van der Waals surface area contributed by atoms with Gasteiger partial charge in [-0.3, -0.25) is 4.79 Å². The number of nitrogens with zero attached hydrogens (tertiary/aromatic N) is 1. The molecule has 1 heterocycles. The van der Waals surface area contributed by atoms with Gasteiger partial charge in [-0.25, -0.2) is 5.10 Å². The van der Waals surface area contributed by atoms with Gasteiger partial charge < -0.3 is 5.32 Å². The first kappa shape index (κ1) is 14.6. The number of halogens is 2. The zero-order chi connectivity index (χ0) is 14.9. The number of nitrogens with one attached hydrogen (secondary N) is 2. The number of hydrogen-bond acceptors (Lipinski definition) is 3. The molecular formula is C15H15BrClN3O. The van der Waals surface area contributed by atoms with Crippen LogP contribution < -0.4 is 10.9 Å². The van der Waals surface area contributed by atoms with E-state index < -0.39 is 0 Å². The summed E-state index contributed by atoms with van der Waals surface area (Å²) in [6.07, 6.45) is 5.04. The first-order valence-electron chi connectivity index (χ1n) is 6.84. The molecule has 0 radical (unpaired) electrons. The number of H-pyrrole nitrogens is 1. The van der Waals surface area contributed by atoms with Crippen LogP contribution in [-0.2, 0) is 5.41 Å². The minimum atomic E-state index is -0.368. The summed E-state index contributed by atoms with van der Waals surface area (Å²) in [5, 5.41) is 9.55. The van der Waals surface area contributed by atoms with Crippen molar-refractivity contribution in [2.75, 3.05) is 11.9 Å². The SMILES string of the molecule is O=c1[nH]ncc(NCC2(c3ccc(Br)cc3)CCC2)c1Cl. The number of hydrogen-bond donors (Lipinski definition) is 2. The Morgan fingerprint density at radius 3 is 2.67 bits per heavy atom. The molecule has 0 saturated heterocycles.